The summed E-state index contributed by atoms with van der Waals surface area (Å²) >= 11 is 3.65. The van der Waals surface area contributed by atoms with Crippen LogP contribution in [0.15, 0.2) is 12.7 Å². The summed E-state index contributed by atoms with van der Waals surface area (Å²) in [7, 11) is 0. The Bertz CT molecular complexity index is 171. The summed E-state index contributed by atoms with van der Waals surface area (Å²) in [5.41, 5.74) is 4.94. The topological polar surface area (TPSA) is 101 Å². The number of hydrogen-bond acceptors (Lipinski definition) is 4. The molecule has 0 aliphatic rings. The predicted octanol–water partition coefficient (Wildman–Crippen LogP) is -0.415. The van der Waals surface area contributed by atoms with E-state index in [9.17, 15) is 9.59 Å². The van der Waals surface area contributed by atoms with Crippen molar-refractivity contribution in [3.63, 3.8) is 0 Å². The zero-order valence-corrected chi connectivity index (χ0v) is 7.20. The highest BCUT2D eigenvalue weighted by Gasteiger charge is 2.06. The van der Waals surface area contributed by atoms with Crippen molar-refractivity contribution in [2.75, 3.05) is 5.75 Å². The number of carboxylic acid groups (broad SMARTS) is 2. The molecule has 0 rings (SSSR count). The van der Waals surface area contributed by atoms with Gasteiger partial charge in [0.25, 0.3) is 0 Å². The van der Waals surface area contributed by atoms with Gasteiger partial charge in [-0.15, -0.1) is 0 Å². The van der Waals surface area contributed by atoms with Gasteiger partial charge in [-0.25, -0.2) is 4.79 Å². The zero-order valence-electron chi connectivity index (χ0n) is 6.30. The molecule has 0 fully saturated rings. The molecule has 0 radical (unpaired) electrons. The molecule has 0 saturated heterocycles. The normalized spacial score (nSPS) is 10.5. The van der Waals surface area contributed by atoms with Gasteiger partial charge in [0, 0.05) is 11.8 Å². The third kappa shape index (κ3) is 11.7. The lowest BCUT2D eigenvalue weighted by Gasteiger charge is -1.96. The van der Waals surface area contributed by atoms with Crippen LogP contribution in [0.2, 0.25) is 0 Å². The number of rotatable bonds is 3. The van der Waals surface area contributed by atoms with Crippen LogP contribution in [0, 0.1) is 0 Å². The van der Waals surface area contributed by atoms with Crippen molar-refractivity contribution in [1.82, 2.24) is 0 Å². The summed E-state index contributed by atoms with van der Waals surface area (Å²) in [5.74, 6) is -1.80. The number of aliphatic carboxylic acids is 2. The fourth-order valence-corrected chi connectivity index (χ4v) is 0.234. The third-order valence-corrected chi connectivity index (χ3v) is 1.08. The quantitative estimate of drug-likeness (QED) is 0.360. The van der Waals surface area contributed by atoms with Crippen LogP contribution in [-0.2, 0) is 9.59 Å². The van der Waals surface area contributed by atoms with E-state index in [1.54, 1.807) is 0 Å². The van der Waals surface area contributed by atoms with Crippen LogP contribution in [0.25, 0.3) is 0 Å². The average molecular weight is 193 g/mol. The minimum absolute atomic E-state index is 0.190. The maximum absolute atomic E-state index is 9.76. The Hall–Kier alpha value is -1.01. The fraction of sp³-hybridized carbons (Fsp3) is 0.333. The Labute approximate surface area is 75.3 Å². The van der Waals surface area contributed by atoms with Gasteiger partial charge in [0.15, 0.2) is 0 Å². The van der Waals surface area contributed by atoms with E-state index < -0.39 is 18.0 Å². The molecular weight excluding hydrogens is 182 g/mol. The minimum Gasteiger partial charge on any atom is -0.480 e. The molecule has 0 bridgehead atoms. The van der Waals surface area contributed by atoms with Crippen molar-refractivity contribution >= 4 is 24.6 Å². The lowest BCUT2D eigenvalue weighted by Crippen LogP contribution is -2.31. The van der Waals surface area contributed by atoms with Gasteiger partial charge in [0.2, 0.25) is 0 Å². The third-order valence-electron chi connectivity index (χ3n) is 0.689. The molecule has 0 amide bonds. The number of carbonyl (C=O) groups is 2. The van der Waals surface area contributed by atoms with Gasteiger partial charge in [0.05, 0.1) is 0 Å². The molecule has 4 N–H and O–H groups in total. The lowest BCUT2D eigenvalue weighted by atomic mass is 10.4. The summed E-state index contributed by atoms with van der Waals surface area (Å²) in [6.45, 7) is 2.96. The van der Waals surface area contributed by atoms with Crippen LogP contribution in [-0.4, -0.2) is 33.9 Å². The van der Waals surface area contributed by atoms with Crippen molar-refractivity contribution in [2.24, 2.45) is 5.73 Å². The van der Waals surface area contributed by atoms with E-state index in [2.05, 4.69) is 19.2 Å². The highest BCUT2D eigenvalue weighted by molar-refractivity contribution is 7.80. The molecule has 1 atom stereocenters. The molecule has 70 valence electrons. The smallest absolute Gasteiger partial charge is 0.327 e. The Balaban J connectivity index is 0. The van der Waals surface area contributed by atoms with Crippen LogP contribution in [0.5, 0.6) is 0 Å². The Kier molecular flexibility index (Phi) is 9.15. The first kappa shape index (κ1) is 13.6. The first-order valence-corrected chi connectivity index (χ1v) is 3.53. The van der Waals surface area contributed by atoms with E-state index >= 15 is 0 Å². The van der Waals surface area contributed by atoms with Gasteiger partial charge >= 0.3 is 11.9 Å². The second kappa shape index (κ2) is 8.09. The molecule has 0 aliphatic carbocycles. The Morgan fingerprint density at radius 1 is 1.58 bits per heavy atom. The maximum atomic E-state index is 9.76. The first-order chi connectivity index (χ1) is 5.45. The van der Waals surface area contributed by atoms with E-state index in [1.165, 1.54) is 0 Å². The van der Waals surface area contributed by atoms with E-state index in [1.807, 2.05) is 0 Å². The summed E-state index contributed by atoms with van der Waals surface area (Å²) in [4.78, 5) is 19.0. The summed E-state index contributed by atoms with van der Waals surface area (Å²) < 4.78 is 0. The largest absolute Gasteiger partial charge is 0.480 e. The molecule has 0 saturated carbocycles. The fourth-order valence-electron chi connectivity index (χ4n) is 0.0781. The van der Waals surface area contributed by atoms with Crippen molar-refractivity contribution in [1.29, 1.82) is 0 Å². The molecule has 6 heteroatoms. The van der Waals surface area contributed by atoms with E-state index in [4.69, 9.17) is 15.9 Å². The second-order valence-corrected chi connectivity index (χ2v) is 2.03. The van der Waals surface area contributed by atoms with E-state index in [-0.39, 0.29) is 5.75 Å². The van der Waals surface area contributed by atoms with Gasteiger partial charge in [-0.3, -0.25) is 4.79 Å². The molecule has 0 aromatic rings. The van der Waals surface area contributed by atoms with E-state index in [0.717, 1.165) is 6.08 Å². The van der Waals surface area contributed by atoms with E-state index in [0.29, 0.717) is 0 Å². The summed E-state index contributed by atoms with van der Waals surface area (Å²) in [6.07, 6.45) is 0.833. The van der Waals surface area contributed by atoms with Crippen LogP contribution < -0.4 is 5.73 Å². The molecule has 0 unspecified atom stereocenters. The average Bonchev–Trinajstić information content (AvgIpc) is 2.04. The van der Waals surface area contributed by atoms with Gasteiger partial charge in [-0.05, 0) is 0 Å². The molecule has 5 nitrogen and oxygen atoms in total. The molecule has 0 aromatic heterocycles. The summed E-state index contributed by atoms with van der Waals surface area (Å²) in [5, 5.41) is 15.6. The number of thiol groups is 1. The Morgan fingerprint density at radius 3 is 1.92 bits per heavy atom. The number of carboxylic acids is 2. The summed E-state index contributed by atoms with van der Waals surface area (Å²) in [6, 6.07) is -0.816. The minimum atomic E-state index is -1.00. The van der Waals surface area contributed by atoms with Crippen molar-refractivity contribution in [3.05, 3.63) is 12.7 Å². The Morgan fingerprint density at radius 2 is 1.92 bits per heavy atom. The molecule has 0 aliphatic heterocycles. The SMILES string of the molecule is C=CC(=O)O.N[C@@H](CS)C(=O)O. The molecule has 0 aromatic carbocycles. The van der Waals surface area contributed by atoms with Gasteiger partial charge < -0.3 is 15.9 Å². The van der Waals surface area contributed by atoms with Gasteiger partial charge in [-0.2, -0.15) is 12.6 Å². The first-order valence-electron chi connectivity index (χ1n) is 2.90. The van der Waals surface area contributed by atoms with Crippen LogP contribution in [0.4, 0.5) is 0 Å². The van der Waals surface area contributed by atoms with Crippen LogP contribution in [0.3, 0.4) is 0 Å². The standard InChI is InChI=1S/C3H7NO2S.C3H4O2/c4-2(1-7)3(5)6;1-2-3(4)5/h2,7H,1,4H2,(H,5,6);2H,1H2,(H,4,5)/t2-;/m0./s1. The molecule has 0 heterocycles. The van der Waals surface area contributed by atoms with Crippen LogP contribution >= 0.6 is 12.6 Å². The predicted molar refractivity (Wildman–Crippen MR) is 47.3 cm³/mol. The van der Waals surface area contributed by atoms with Crippen molar-refractivity contribution in [3.8, 4) is 0 Å². The molecular formula is C6H11NO4S. The lowest BCUT2D eigenvalue weighted by molar-refractivity contribution is -0.138. The molecule has 12 heavy (non-hydrogen) atoms. The van der Waals surface area contributed by atoms with Crippen molar-refractivity contribution in [2.45, 2.75) is 6.04 Å². The molecule has 0 spiro atoms. The van der Waals surface area contributed by atoms with Crippen LogP contribution in [0.1, 0.15) is 0 Å². The van der Waals surface area contributed by atoms with Gasteiger partial charge in [-0.1, -0.05) is 6.58 Å². The maximum Gasteiger partial charge on any atom is 0.327 e. The number of nitrogens with two attached hydrogens (primary N) is 1. The highest BCUT2D eigenvalue weighted by atomic mass is 32.1. The van der Waals surface area contributed by atoms with Crippen molar-refractivity contribution < 1.29 is 19.8 Å². The number of hydrogen-bond donors (Lipinski definition) is 4. The zero-order chi connectivity index (χ0) is 10.1. The highest BCUT2D eigenvalue weighted by Crippen LogP contribution is 1.80. The van der Waals surface area contributed by atoms with Gasteiger partial charge in [0.1, 0.15) is 6.04 Å². The monoisotopic (exact) mass is 193 g/mol. The second-order valence-electron chi connectivity index (χ2n) is 1.67.